The molecule has 0 bridgehead atoms. The number of likely N-dealkylation sites (tertiary alicyclic amines) is 1. The molecule has 7 heteroatoms. The maximum Gasteiger partial charge on any atom is 0.130 e. The van der Waals surface area contributed by atoms with Crippen LogP contribution in [0.4, 0.5) is 10.2 Å². The van der Waals surface area contributed by atoms with Gasteiger partial charge < -0.3 is 5.32 Å². The zero-order valence-electron chi connectivity index (χ0n) is 15.3. The van der Waals surface area contributed by atoms with Crippen molar-refractivity contribution in [1.82, 2.24) is 25.1 Å². The van der Waals surface area contributed by atoms with Gasteiger partial charge in [-0.05, 0) is 56.6 Å². The average Bonchev–Trinajstić information content (AvgIpc) is 3.37. The lowest BCUT2D eigenvalue weighted by atomic mass is 10.1. The highest BCUT2D eigenvalue weighted by molar-refractivity contribution is 5.58. The van der Waals surface area contributed by atoms with E-state index in [-0.39, 0.29) is 11.9 Å². The summed E-state index contributed by atoms with van der Waals surface area (Å²) >= 11 is 0. The molecule has 0 unspecified atom stereocenters. The third kappa shape index (κ3) is 4.14. The smallest absolute Gasteiger partial charge is 0.130 e. The molecule has 1 atom stereocenters. The van der Waals surface area contributed by atoms with Crippen molar-refractivity contribution < 1.29 is 4.39 Å². The molecule has 0 radical (unpaired) electrons. The van der Waals surface area contributed by atoms with E-state index in [0.717, 1.165) is 35.9 Å². The summed E-state index contributed by atoms with van der Waals surface area (Å²) in [6.45, 7) is 4.70. The van der Waals surface area contributed by atoms with Crippen LogP contribution in [-0.2, 0) is 0 Å². The fraction of sp³-hybridized carbons (Fsp3) is 0.350. The van der Waals surface area contributed by atoms with Crippen molar-refractivity contribution in [1.29, 1.82) is 0 Å². The first-order chi connectivity index (χ1) is 13.2. The third-order valence-electron chi connectivity index (χ3n) is 4.93. The van der Waals surface area contributed by atoms with Crippen molar-refractivity contribution in [3.63, 3.8) is 0 Å². The minimum absolute atomic E-state index is 0.180. The number of aromatic amines is 1. The summed E-state index contributed by atoms with van der Waals surface area (Å²) in [5.41, 5.74) is 2.78. The van der Waals surface area contributed by atoms with Gasteiger partial charge in [-0.2, -0.15) is 5.10 Å². The number of aryl methyl sites for hydroxylation is 1. The lowest BCUT2D eigenvalue weighted by Gasteiger charge is -2.28. The van der Waals surface area contributed by atoms with Crippen LogP contribution in [0.1, 0.15) is 30.3 Å². The number of hydrogen-bond acceptors (Lipinski definition) is 5. The lowest BCUT2D eigenvalue weighted by molar-refractivity contribution is 0.255. The van der Waals surface area contributed by atoms with E-state index in [1.54, 1.807) is 6.20 Å². The topological polar surface area (TPSA) is 69.7 Å². The number of nitrogens with one attached hydrogen (secondary N) is 2. The summed E-state index contributed by atoms with van der Waals surface area (Å²) in [5, 5.41) is 10.4. The Labute approximate surface area is 157 Å². The maximum atomic E-state index is 13.3. The van der Waals surface area contributed by atoms with E-state index in [1.807, 2.05) is 31.2 Å². The van der Waals surface area contributed by atoms with E-state index < -0.39 is 0 Å². The van der Waals surface area contributed by atoms with Gasteiger partial charge in [0.15, 0.2) is 0 Å². The molecule has 2 N–H and O–H groups in total. The summed E-state index contributed by atoms with van der Waals surface area (Å²) in [7, 11) is 0. The highest BCUT2D eigenvalue weighted by atomic mass is 19.1. The van der Waals surface area contributed by atoms with Gasteiger partial charge in [-0.3, -0.25) is 10.00 Å². The molecule has 2 aromatic heterocycles. The molecule has 3 heterocycles. The van der Waals surface area contributed by atoms with Gasteiger partial charge in [0.2, 0.25) is 0 Å². The van der Waals surface area contributed by atoms with Crippen LogP contribution in [0.2, 0.25) is 0 Å². The number of hydrogen-bond donors (Lipinski definition) is 2. The van der Waals surface area contributed by atoms with Gasteiger partial charge in [0.1, 0.15) is 17.5 Å². The number of anilines is 1. The largest absolute Gasteiger partial charge is 0.368 e. The van der Waals surface area contributed by atoms with Crippen molar-refractivity contribution in [2.75, 3.05) is 25.0 Å². The molecule has 6 nitrogen and oxygen atoms in total. The van der Waals surface area contributed by atoms with E-state index in [0.29, 0.717) is 12.4 Å². The van der Waals surface area contributed by atoms with Gasteiger partial charge in [0.25, 0.3) is 0 Å². The molecule has 1 aromatic carbocycles. The van der Waals surface area contributed by atoms with Crippen LogP contribution < -0.4 is 5.32 Å². The first-order valence-corrected chi connectivity index (χ1v) is 9.28. The van der Waals surface area contributed by atoms with Gasteiger partial charge in [0.05, 0.1) is 17.4 Å². The molecule has 0 amide bonds. The Morgan fingerprint density at radius 2 is 1.93 bits per heavy atom. The minimum atomic E-state index is -0.206. The fourth-order valence-corrected chi connectivity index (χ4v) is 3.59. The van der Waals surface area contributed by atoms with E-state index >= 15 is 0 Å². The zero-order chi connectivity index (χ0) is 18.6. The second-order valence-corrected chi connectivity index (χ2v) is 6.85. The SMILES string of the molecule is Cc1nc(NC[C@@H](c2ccc(F)cc2)N2CCCC2)cc(-c2ccn[nH]2)n1. The summed E-state index contributed by atoms with van der Waals surface area (Å²) in [5.74, 6) is 1.27. The number of H-pyrrole nitrogens is 1. The Morgan fingerprint density at radius 3 is 2.63 bits per heavy atom. The predicted molar refractivity (Wildman–Crippen MR) is 103 cm³/mol. The number of aromatic nitrogens is 4. The monoisotopic (exact) mass is 366 g/mol. The summed E-state index contributed by atoms with van der Waals surface area (Å²) in [6.07, 6.45) is 4.11. The minimum Gasteiger partial charge on any atom is -0.368 e. The second-order valence-electron chi connectivity index (χ2n) is 6.85. The number of nitrogens with zero attached hydrogens (tertiary/aromatic N) is 4. The Morgan fingerprint density at radius 1 is 1.15 bits per heavy atom. The van der Waals surface area contributed by atoms with Crippen LogP contribution >= 0.6 is 0 Å². The molecule has 1 saturated heterocycles. The van der Waals surface area contributed by atoms with Crippen molar-refractivity contribution in [2.45, 2.75) is 25.8 Å². The first kappa shape index (κ1) is 17.6. The lowest BCUT2D eigenvalue weighted by Crippen LogP contribution is -2.31. The van der Waals surface area contributed by atoms with E-state index in [2.05, 4.69) is 30.4 Å². The van der Waals surface area contributed by atoms with Gasteiger partial charge in [-0.15, -0.1) is 0 Å². The molecular formula is C20H23FN6. The van der Waals surface area contributed by atoms with Gasteiger partial charge >= 0.3 is 0 Å². The maximum absolute atomic E-state index is 13.3. The van der Waals surface area contributed by atoms with Crippen LogP contribution in [0.15, 0.2) is 42.6 Å². The molecule has 3 aromatic rings. The van der Waals surface area contributed by atoms with Crippen molar-refractivity contribution >= 4 is 5.82 Å². The second kappa shape index (κ2) is 7.84. The van der Waals surface area contributed by atoms with Gasteiger partial charge in [-0.25, -0.2) is 14.4 Å². The van der Waals surface area contributed by atoms with Crippen LogP contribution in [0, 0.1) is 12.7 Å². The van der Waals surface area contributed by atoms with Gasteiger partial charge in [0, 0.05) is 18.8 Å². The van der Waals surface area contributed by atoms with Gasteiger partial charge in [-0.1, -0.05) is 12.1 Å². The summed E-state index contributed by atoms with van der Waals surface area (Å²) in [4.78, 5) is 11.4. The van der Waals surface area contributed by atoms with Crippen LogP contribution in [0.5, 0.6) is 0 Å². The number of benzene rings is 1. The predicted octanol–water partition coefficient (Wildman–Crippen LogP) is 3.56. The normalized spacial score (nSPS) is 15.8. The molecular weight excluding hydrogens is 343 g/mol. The molecule has 1 aliphatic rings. The molecule has 4 rings (SSSR count). The number of rotatable bonds is 6. The first-order valence-electron chi connectivity index (χ1n) is 9.28. The Bertz CT molecular complexity index is 872. The highest BCUT2D eigenvalue weighted by Crippen LogP contribution is 2.26. The highest BCUT2D eigenvalue weighted by Gasteiger charge is 2.23. The van der Waals surface area contributed by atoms with Crippen molar-refractivity contribution in [3.8, 4) is 11.4 Å². The quantitative estimate of drug-likeness (QED) is 0.698. The fourth-order valence-electron chi connectivity index (χ4n) is 3.59. The third-order valence-corrected chi connectivity index (χ3v) is 4.93. The molecule has 1 aliphatic heterocycles. The molecule has 27 heavy (non-hydrogen) atoms. The summed E-state index contributed by atoms with van der Waals surface area (Å²) < 4.78 is 13.3. The van der Waals surface area contributed by atoms with Crippen molar-refractivity contribution in [2.24, 2.45) is 0 Å². The Balaban J connectivity index is 1.54. The van der Waals surface area contributed by atoms with E-state index in [4.69, 9.17) is 0 Å². The van der Waals surface area contributed by atoms with E-state index in [9.17, 15) is 4.39 Å². The molecule has 0 saturated carbocycles. The van der Waals surface area contributed by atoms with Crippen molar-refractivity contribution in [3.05, 3.63) is 59.8 Å². The summed E-state index contributed by atoms with van der Waals surface area (Å²) in [6, 6.07) is 10.8. The molecule has 1 fully saturated rings. The Kier molecular flexibility index (Phi) is 5.11. The zero-order valence-corrected chi connectivity index (χ0v) is 15.3. The number of halogens is 1. The molecule has 0 spiro atoms. The average molecular weight is 366 g/mol. The van der Waals surface area contributed by atoms with Crippen LogP contribution in [0.25, 0.3) is 11.4 Å². The molecule has 140 valence electrons. The van der Waals surface area contributed by atoms with Crippen LogP contribution in [-0.4, -0.2) is 44.7 Å². The standard InChI is InChI=1S/C20H23FN6/c1-14-24-18(17-8-9-23-26-17)12-20(25-14)22-13-19(27-10-2-3-11-27)15-4-6-16(21)7-5-15/h4-9,12,19H,2-3,10-11,13H2,1H3,(H,23,26)(H,22,24,25)/t19-/m0/s1. The van der Waals surface area contributed by atoms with E-state index in [1.165, 1.54) is 25.0 Å². The molecule has 0 aliphatic carbocycles. The Hall–Kier alpha value is -2.80. The van der Waals surface area contributed by atoms with Crippen LogP contribution in [0.3, 0.4) is 0 Å².